The highest BCUT2D eigenvalue weighted by Crippen LogP contribution is 2.27. The van der Waals surface area contributed by atoms with Crippen molar-refractivity contribution in [3.05, 3.63) is 35.9 Å². The van der Waals surface area contributed by atoms with Gasteiger partial charge < -0.3 is 0 Å². The van der Waals surface area contributed by atoms with Gasteiger partial charge in [-0.25, -0.2) is 0 Å². The van der Waals surface area contributed by atoms with Crippen LogP contribution in [0.2, 0.25) is 0 Å². The molecule has 0 aliphatic heterocycles. The zero-order valence-corrected chi connectivity index (χ0v) is 10.1. The molecule has 0 radical (unpaired) electrons. The number of benzene rings is 1. The summed E-state index contributed by atoms with van der Waals surface area (Å²) in [7, 11) is -0.833. The summed E-state index contributed by atoms with van der Waals surface area (Å²) < 4.78 is 11.9. The molecule has 0 aliphatic rings. The Labute approximate surface area is 89.0 Å². The largest absolute Gasteiger partial charge is 0.258 e. The number of rotatable bonds is 2. The van der Waals surface area contributed by atoms with Gasteiger partial charge in [0, 0.05) is 15.5 Å². The third-order valence-electron chi connectivity index (χ3n) is 2.19. The van der Waals surface area contributed by atoms with E-state index < -0.39 is 10.8 Å². The van der Waals surface area contributed by atoms with Gasteiger partial charge in [0.05, 0.1) is 5.25 Å². The van der Waals surface area contributed by atoms with Gasteiger partial charge in [0.1, 0.15) is 0 Å². The van der Waals surface area contributed by atoms with Crippen LogP contribution in [0, 0.1) is 0 Å². The molecule has 1 aromatic rings. The van der Waals surface area contributed by atoms with Crippen LogP contribution in [-0.2, 0) is 10.8 Å². The van der Waals surface area contributed by atoms with E-state index in [1.54, 1.807) is 0 Å². The van der Waals surface area contributed by atoms with Crippen LogP contribution in [0.4, 0.5) is 0 Å². The summed E-state index contributed by atoms with van der Waals surface area (Å²) >= 11 is 0. The molecule has 0 saturated heterocycles. The van der Waals surface area contributed by atoms with Crippen molar-refractivity contribution in [2.75, 3.05) is 0 Å². The predicted molar refractivity (Wildman–Crippen MR) is 62.8 cm³/mol. The quantitative estimate of drug-likeness (QED) is 0.732. The second-order valence-electron chi connectivity index (χ2n) is 4.46. The first-order chi connectivity index (χ1) is 6.43. The van der Waals surface area contributed by atoms with E-state index in [0.29, 0.717) is 0 Å². The van der Waals surface area contributed by atoms with Crippen LogP contribution in [-0.4, -0.2) is 8.96 Å². The minimum Gasteiger partial charge on any atom is -0.258 e. The molecule has 0 N–H and O–H groups in total. The van der Waals surface area contributed by atoms with Gasteiger partial charge in [-0.3, -0.25) is 4.21 Å². The van der Waals surface area contributed by atoms with E-state index in [0.717, 1.165) is 5.56 Å². The molecule has 1 aromatic carbocycles. The molecule has 0 aromatic heterocycles. The van der Waals surface area contributed by atoms with Gasteiger partial charge in [-0.2, -0.15) is 0 Å². The van der Waals surface area contributed by atoms with Crippen molar-refractivity contribution in [3.8, 4) is 0 Å². The lowest BCUT2D eigenvalue weighted by Gasteiger charge is -2.23. The summed E-state index contributed by atoms with van der Waals surface area (Å²) in [6.07, 6.45) is 0. The maximum atomic E-state index is 12.1. The van der Waals surface area contributed by atoms with E-state index >= 15 is 0 Å². The molecule has 14 heavy (non-hydrogen) atoms. The molecule has 2 atom stereocenters. The monoisotopic (exact) mass is 210 g/mol. The zero-order chi connectivity index (χ0) is 10.8. The third kappa shape index (κ3) is 2.68. The van der Waals surface area contributed by atoms with Crippen LogP contribution in [0.3, 0.4) is 0 Å². The van der Waals surface area contributed by atoms with Gasteiger partial charge in [0.15, 0.2) is 0 Å². The summed E-state index contributed by atoms with van der Waals surface area (Å²) in [4.78, 5) is 0. The van der Waals surface area contributed by atoms with Crippen LogP contribution in [0.15, 0.2) is 30.3 Å². The highest BCUT2D eigenvalue weighted by Gasteiger charge is 2.25. The highest BCUT2D eigenvalue weighted by atomic mass is 32.2. The fourth-order valence-corrected chi connectivity index (χ4v) is 2.84. The molecule has 0 saturated carbocycles. The van der Waals surface area contributed by atoms with E-state index in [1.165, 1.54) is 0 Å². The van der Waals surface area contributed by atoms with Crippen LogP contribution in [0.1, 0.15) is 38.5 Å². The molecule has 78 valence electrons. The lowest BCUT2D eigenvalue weighted by Crippen LogP contribution is -2.25. The van der Waals surface area contributed by atoms with Gasteiger partial charge in [0.2, 0.25) is 0 Å². The minimum atomic E-state index is -0.833. The van der Waals surface area contributed by atoms with Crippen molar-refractivity contribution in [2.45, 2.75) is 37.7 Å². The average molecular weight is 210 g/mol. The molecule has 1 rings (SSSR count). The van der Waals surface area contributed by atoms with Crippen molar-refractivity contribution < 1.29 is 4.21 Å². The Morgan fingerprint density at radius 1 is 1.14 bits per heavy atom. The highest BCUT2D eigenvalue weighted by molar-refractivity contribution is 7.86. The molecule has 0 bridgehead atoms. The van der Waals surface area contributed by atoms with Crippen molar-refractivity contribution in [2.24, 2.45) is 0 Å². The maximum absolute atomic E-state index is 12.1. The van der Waals surface area contributed by atoms with Crippen LogP contribution in [0.25, 0.3) is 0 Å². The molecule has 0 heterocycles. The first-order valence-electron chi connectivity index (χ1n) is 4.88. The summed E-state index contributed by atoms with van der Waals surface area (Å²) in [5.74, 6) is 0. The van der Waals surface area contributed by atoms with E-state index in [-0.39, 0.29) is 10.00 Å². The van der Waals surface area contributed by atoms with E-state index in [4.69, 9.17) is 0 Å². The summed E-state index contributed by atoms with van der Waals surface area (Å²) in [6.45, 7) is 8.07. The van der Waals surface area contributed by atoms with E-state index in [1.807, 2.05) is 58.0 Å². The maximum Gasteiger partial charge on any atom is 0.0574 e. The third-order valence-corrected chi connectivity index (χ3v) is 4.32. The average Bonchev–Trinajstić information content (AvgIpc) is 2.15. The molecule has 1 unspecified atom stereocenters. The Morgan fingerprint density at radius 3 is 2.07 bits per heavy atom. The fraction of sp³-hybridized carbons (Fsp3) is 0.500. The Kier molecular flexibility index (Phi) is 3.48. The first-order valence-corrected chi connectivity index (χ1v) is 6.10. The van der Waals surface area contributed by atoms with Crippen LogP contribution < -0.4 is 0 Å². The smallest absolute Gasteiger partial charge is 0.0574 e. The number of hydrogen-bond acceptors (Lipinski definition) is 1. The zero-order valence-electron chi connectivity index (χ0n) is 9.28. The SMILES string of the molecule is C[C@@H](c1ccccc1)S(=O)C(C)(C)C. The summed E-state index contributed by atoms with van der Waals surface area (Å²) in [5, 5.41) is 0.108. The Bertz CT molecular complexity index is 311. The summed E-state index contributed by atoms with van der Waals surface area (Å²) in [5.41, 5.74) is 1.15. The predicted octanol–water partition coefficient (Wildman–Crippen LogP) is 3.29. The van der Waals surface area contributed by atoms with Gasteiger partial charge in [-0.15, -0.1) is 0 Å². The molecule has 1 nitrogen and oxygen atoms in total. The standard InChI is InChI=1S/C12H18OS/c1-10(14(13)12(2,3)4)11-8-6-5-7-9-11/h5-10H,1-4H3/t10-,14?/m0/s1. The molecule has 0 aliphatic carbocycles. The molecule has 2 heteroatoms. The van der Waals surface area contributed by atoms with Crippen molar-refractivity contribution in [1.82, 2.24) is 0 Å². The molecule has 0 fully saturated rings. The Morgan fingerprint density at radius 2 is 1.64 bits per heavy atom. The Balaban J connectivity index is 2.87. The van der Waals surface area contributed by atoms with Gasteiger partial charge in [-0.1, -0.05) is 30.3 Å². The van der Waals surface area contributed by atoms with Gasteiger partial charge in [-0.05, 0) is 33.3 Å². The molecule has 0 amide bonds. The van der Waals surface area contributed by atoms with Gasteiger partial charge >= 0.3 is 0 Å². The van der Waals surface area contributed by atoms with Crippen molar-refractivity contribution in [3.63, 3.8) is 0 Å². The second kappa shape index (κ2) is 4.26. The number of hydrogen-bond donors (Lipinski definition) is 0. The molecular formula is C12H18OS. The second-order valence-corrected chi connectivity index (χ2v) is 6.99. The van der Waals surface area contributed by atoms with E-state index in [9.17, 15) is 4.21 Å². The van der Waals surface area contributed by atoms with Gasteiger partial charge in [0.25, 0.3) is 0 Å². The topological polar surface area (TPSA) is 17.1 Å². The van der Waals surface area contributed by atoms with Crippen molar-refractivity contribution in [1.29, 1.82) is 0 Å². The Hall–Kier alpha value is -0.630. The molecule has 0 spiro atoms. The summed E-state index contributed by atoms with van der Waals surface area (Å²) in [6, 6.07) is 10.0. The van der Waals surface area contributed by atoms with Crippen LogP contribution >= 0.6 is 0 Å². The fourth-order valence-electron chi connectivity index (χ4n) is 1.38. The first kappa shape index (κ1) is 11.4. The van der Waals surface area contributed by atoms with Crippen molar-refractivity contribution >= 4 is 10.8 Å². The lowest BCUT2D eigenvalue weighted by atomic mass is 10.2. The minimum absolute atomic E-state index is 0.108. The lowest BCUT2D eigenvalue weighted by molar-refractivity contribution is 0.640. The molecular weight excluding hydrogens is 192 g/mol. The van der Waals surface area contributed by atoms with Crippen LogP contribution in [0.5, 0.6) is 0 Å². The van der Waals surface area contributed by atoms with E-state index in [2.05, 4.69) is 0 Å². The normalized spacial score (nSPS) is 16.3.